The number of anilines is 1. The van der Waals surface area contributed by atoms with Crippen molar-refractivity contribution in [2.24, 2.45) is 0 Å². The van der Waals surface area contributed by atoms with Gasteiger partial charge in [-0.05, 0) is 12.1 Å². The molecular formula is C18H19N3O4. The first kappa shape index (κ1) is 15.7. The smallest absolute Gasteiger partial charge is 0.319 e. The van der Waals surface area contributed by atoms with Crippen LogP contribution in [0.2, 0.25) is 0 Å². The lowest BCUT2D eigenvalue weighted by atomic mass is 10.1. The van der Waals surface area contributed by atoms with E-state index in [1.807, 2.05) is 24.3 Å². The molecule has 1 aromatic carbocycles. The number of fused-ring (bicyclic) bond motifs is 2. The van der Waals surface area contributed by atoms with Gasteiger partial charge in [0.25, 0.3) is 0 Å². The van der Waals surface area contributed by atoms with Crippen molar-refractivity contribution >= 4 is 11.7 Å². The number of ether oxygens (including phenoxy) is 3. The molecule has 0 bridgehead atoms. The van der Waals surface area contributed by atoms with Crippen molar-refractivity contribution in [3.63, 3.8) is 0 Å². The highest BCUT2D eigenvalue weighted by atomic mass is 16.6. The normalized spacial score (nSPS) is 15.2. The summed E-state index contributed by atoms with van der Waals surface area (Å²) in [4.78, 5) is 16.6. The van der Waals surface area contributed by atoms with Gasteiger partial charge in [0.05, 0.1) is 25.1 Å². The highest BCUT2D eigenvalue weighted by molar-refractivity contribution is 5.89. The molecule has 0 atom stereocenters. The lowest BCUT2D eigenvalue weighted by Gasteiger charge is -2.21. The monoisotopic (exact) mass is 341 g/mol. The Bertz CT molecular complexity index is 794. The van der Waals surface area contributed by atoms with Gasteiger partial charge in [-0.1, -0.05) is 12.1 Å². The zero-order valence-electron chi connectivity index (χ0n) is 13.7. The Hall–Kier alpha value is -2.80. The van der Waals surface area contributed by atoms with Crippen LogP contribution in [0.5, 0.6) is 11.5 Å². The van der Waals surface area contributed by atoms with E-state index >= 15 is 0 Å². The van der Waals surface area contributed by atoms with E-state index in [0.717, 1.165) is 23.2 Å². The van der Waals surface area contributed by atoms with Crippen molar-refractivity contribution in [1.82, 2.24) is 10.3 Å². The first-order valence-electron chi connectivity index (χ1n) is 8.27. The number of nitrogens with zero attached hydrogens (tertiary/aromatic N) is 1. The van der Waals surface area contributed by atoms with Crippen LogP contribution in [0.4, 0.5) is 10.5 Å². The summed E-state index contributed by atoms with van der Waals surface area (Å²) in [5, 5.41) is 5.64. The van der Waals surface area contributed by atoms with E-state index in [2.05, 4.69) is 15.6 Å². The van der Waals surface area contributed by atoms with E-state index in [9.17, 15) is 4.79 Å². The van der Waals surface area contributed by atoms with Crippen LogP contribution in [-0.2, 0) is 24.3 Å². The largest absolute Gasteiger partial charge is 0.486 e. The van der Waals surface area contributed by atoms with E-state index in [1.54, 1.807) is 6.20 Å². The molecule has 0 spiro atoms. The van der Waals surface area contributed by atoms with Crippen LogP contribution in [0.25, 0.3) is 0 Å². The number of carbonyl (C=O) groups excluding carboxylic acids is 1. The summed E-state index contributed by atoms with van der Waals surface area (Å²) in [5.41, 5.74) is 3.58. The van der Waals surface area contributed by atoms with Crippen LogP contribution in [0.3, 0.4) is 0 Å². The lowest BCUT2D eigenvalue weighted by Crippen LogP contribution is -2.29. The predicted octanol–water partition coefficient (Wildman–Crippen LogP) is 2.25. The molecule has 2 aliphatic heterocycles. The molecule has 0 unspecified atom stereocenters. The third kappa shape index (κ3) is 3.51. The van der Waals surface area contributed by atoms with Crippen molar-refractivity contribution in [3.8, 4) is 11.5 Å². The number of urea groups is 1. The molecule has 3 heterocycles. The van der Waals surface area contributed by atoms with Gasteiger partial charge in [0, 0.05) is 29.8 Å². The van der Waals surface area contributed by atoms with Gasteiger partial charge in [0.15, 0.2) is 11.5 Å². The summed E-state index contributed by atoms with van der Waals surface area (Å²) < 4.78 is 16.6. The van der Waals surface area contributed by atoms with E-state index in [1.165, 1.54) is 0 Å². The number of para-hydroxylation sites is 1. The van der Waals surface area contributed by atoms with Crippen LogP contribution in [-0.4, -0.2) is 30.8 Å². The maximum atomic E-state index is 12.2. The summed E-state index contributed by atoms with van der Waals surface area (Å²) in [7, 11) is 0. The second-order valence-corrected chi connectivity index (χ2v) is 5.88. The summed E-state index contributed by atoms with van der Waals surface area (Å²) >= 11 is 0. The molecule has 0 fully saturated rings. The van der Waals surface area contributed by atoms with Gasteiger partial charge in [0.1, 0.15) is 13.2 Å². The SMILES string of the molecule is O=C(NCc1cccc2c1OCCO2)Nc1cnc2c(c1)COCC2. The maximum Gasteiger partial charge on any atom is 0.319 e. The minimum atomic E-state index is -0.298. The summed E-state index contributed by atoms with van der Waals surface area (Å²) in [5.74, 6) is 1.41. The van der Waals surface area contributed by atoms with Crippen molar-refractivity contribution in [2.45, 2.75) is 19.6 Å². The van der Waals surface area contributed by atoms with Crippen LogP contribution >= 0.6 is 0 Å². The molecule has 2 amide bonds. The molecule has 1 aromatic heterocycles. The molecule has 25 heavy (non-hydrogen) atoms. The number of rotatable bonds is 3. The van der Waals surface area contributed by atoms with Crippen molar-refractivity contribution in [3.05, 3.63) is 47.3 Å². The molecule has 0 aliphatic carbocycles. The lowest BCUT2D eigenvalue weighted by molar-refractivity contribution is 0.109. The van der Waals surface area contributed by atoms with Crippen LogP contribution in [0, 0.1) is 0 Å². The number of hydrogen-bond acceptors (Lipinski definition) is 5. The fourth-order valence-corrected chi connectivity index (χ4v) is 2.93. The minimum absolute atomic E-state index is 0.298. The molecule has 0 saturated carbocycles. The first-order chi connectivity index (χ1) is 12.3. The van der Waals surface area contributed by atoms with Crippen LogP contribution < -0.4 is 20.1 Å². The Labute approximate surface area is 145 Å². The number of pyridine rings is 1. The van der Waals surface area contributed by atoms with Gasteiger partial charge in [-0.25, -0.2) is 4.79 Å². The van der Waals surface area contributed by atoms with E-state index in [4.69, 9.17) is 14.2 Å². The zero-order chi connectivity index (χ0) is 17.1. The van der Waals surface area contributed by atoms with E-state index < -0.39 is 0 Å². The Kier molecular flexibility index (Phi) is 4.39. The first-order valence-corrected chi connectivity index (χ1v) is 8.27. The summed E-state index contributed by atoms with van der Waals surface area (Å²) in [6, 6.07) is 7.26. The maximum absolute atomic E-state index is 12.2. The number of carbonyl (C=O) groups is 1. The van der Waals surface area contributed by atoms with Gasteiger partial charge in [-0.2, -0.15) is 0 Å². The van der Waals surface area contributed by atoms with Gasteiger partial charge < -0.3 is 24.8 Å². The molecule has 130 valence electrons. The number of nitrogens with one attached hydrogen (secondary N) is 2. The second-order valence-electron chi connectivity index (χ2n) is 5.88. The van der Waals surface area contributed by atoms with Gasteiger partial charge in [-0.15, -0.1) is 0 Å². The fourth-order valence-electron chi connectivity index (χ4n) is 2.93. The average Bonchev–Trinajstić information content (AvgIpc) is 2.66. The molecule has 4 rings (SSSR count). The number of hydrogen-bond donors (Lipinski definition) is 2. The van der Waals surface area contributed by atoms with Crippen molar-refractivity contribution in [2.75, 3.05) is 25.1 Å². The van der Waals surface area contributed by atoms with E-state index in [-0.39, 0.29) is 6.03 Å². The highest BCUT2D eigenvalue weighted by Crippen LogP contribution is 2.33. The van der Waals surface area contributed by atoms with E-state index in [0.29, 0.717) is 50.2 Å². The quantitative estimate of drug-likeness (QED) is 0.895. The molecule has 7 heteroatoms. The number of aromatic nitrogens is 1. The topological polar surface area (TPSA) is 81.7 Å². The summed E-state index contributed by atoms with van der Waals surface area (Å²) in [6.07, 6.45) is 2.48. The molecule has 7 nitrogen and oxygen atoms in total. The minimum Gasteiger partial charge on any atom is -0.486 e. The highest BCUT2D eigenvalue weighted by Gasteiger charge is 2.16. The Morgan fingerprint density at radius 1 is 1.20 bits per heavy atom. The molecular weight excluding hydrogens is 322 g/mol. The Balaban J connectivity index is 1.38. The third-order valence-electron chi connectivity index (χ3n) is 4.15. The predicted molar refractivity (Wildman–Crippen MR) is 90.9 cm³/mol. The molecule has 2 N–H and O–H groups in total. The van der Waals surface area contributed by atoms with Crippen molar-refractivity contribution < 1.29 is 19.0 Å². The molecule has 2 aliphatic rings. The van der Waals surface area contributed by atoms with Gasteiger partial charge in [-0.3, -0.25) is 4.98 Å². The van der Waals surface area contributed by atoms with Crippen LogP contribution in [0.15, 0.2) is 30.5 Å². The standard InChI is InChI=1S/C18H19N3O4/c22-18(21-14-8-13-11-23-5-4-15(13)19-10-14)20-9-12-2-1-3-16-17(12)25-7-6-24-16/h1-3,8,10H,4-7,9,11H2,(H2,20,21,22). The Morgan fingerprint density at radius 3 is 3.08 bits per heavy atom. The Morgan fingerprint density at radius 2 is 2.12 bits per heavy atom. The van der Waals surface area contributed by atoms with Crippen molar-refractivity contribution in [1.29, 1.82) is 0 Å². The van der Waals surface area contributed by atoms with Gasteiger partial charge >= 0.3 is 6.03 Å². The summed E-state index contributed by atoms with van der Waals surface area (Å²) in [6.45, 7) is 2.63. The fraction of sp³-hybridized carbons (Fsp3) is 0.333. The average molecular weight is 341 g/mol. The number of benzene rings is 1. The third-order valence-corrected chi connectivity index (χ3v) is 4.15. The van der Waals surface area contributed by atoms with Crippen LogP contribution in [0.1, 0.15) is 16.8 Å². The second kappa shape index (κ2) is 6.98. The molecule has 0 saturated heterocycles. The number of amides is 2. The molecule has 0 radical (unpaired) electrons. The zero-order valence-corrected chi connectivity index (χ0v) is 13.7. The van der Waals surface area contributed by atoms with Gasteiger partial charge in [0.2, 0.25) is 0 Å². The molecule has 2 aromatic rings.